The van der Waals surface area contributed by atoms with Crippen LogP contribution in [-0.2, 0) is 0 Å². The molecule has 5 nitrogen and oxygen atoms in total. The summed E-state index contributed by atoms with van der Waals surface area (Å²) >= 11 is 1.71. The van der Waals surface area contributed by atoms with E-state index in [4.69, 9.17) is 9.84 Å². The van der Waals surface area contributed by atoms with Crippen molar-refractivity contribution in [2.75, 3.05) is 52.5 Å². The predicted octanol–water partition coefficient (Wildman–Crippen LogP) is 3.31. The molecule has 1 atom stereocenters. The molecular weight excluding hydrogens is 396 g/mol. The first-order valence-corrected chi connectivity index (χ1v) is 11.6. The van der Waals surface area contributed by atoms with Gasteiger partial charge in [0.05, 0.1) is 0 Å². The van der Waals surface area contributed by atoms with Crippen molar-refractivity contribution in [3.63, 3.8) is 0 Å². The van der Waals surface area contributed by atoms with Gasteiger partial charge in [-0.15, -0.1) is 0 Å². The average Bonchev–Trinajstić information content (AvgIpc) is 3.32. The number of piperazine rings is 1. The molecule has 160 valence electrons. The number of β-amino-alcohol motifs (C(OH)–C–C–N with tert-alkyl or cyclic N) is 1. The highest BCUT2D eigenvalue weighted by atomic mass is 32.1. The maximum absolute atomic E-state index is 10.4. The molecule has 2 heterocycles. The van der Waals surface area contributed by atoms with E-state index in [1.54, 1.807) is 11.3 Å². The third kappa shape index (κ3) is 5.59. The Balaban J connectivity index is 1.27. The molecule has 0 saturated carbocycles. The van der Waals surface area contributed by atoms with Crippen molar-refractivity contribution in [3.05, 3.63) is 53.2 Å². The van der Waals surface area contributed by atoms with Crippen LogP contribution in [0.5, 0.6) is 5.75 Å². The predicted molar refractivity (Wildman–Crippen MR) is 123 cm³/mol. The fourth-order valence-corrected chi connectivity index (χ4v) is 4.62. The first-order valence-electron chi connectivity index (χ1n) is 10.6. The van der Waals surface area contributed by atoms with Gasteiger partial charge in [0, 0.05) is 45.9 Å². The molecular formula is C24H30N2O3S. The van der Waals surface area contributed by atoms with Crippen molar-refractivity contribution in [1.82, 2.24) is 9.80 Å². The van der Waals surface area contributed by atoms with Gasteiger partial charge in [0.25, 0.3) is 0 Å². The van der Waals surface area contributed by atoms with Gasteiger partial charge in [0.1, 0.15) is 18.5 Å². The number of aliphatic hydroxyl groups is 2. The summed E-state index contributed by atoms with van der Waals surface area (Å²) in [6, 6.07) is 14.7. The number of nitrogens with zero attached hydrogens (tertiary/aromatic N) is 2. The van der Waals surface area contributed by atoms with E-state index >= 15 is 0 Å². The summed E-state index contributed by atoms with van der Waals surface area (Å²) < 4.78 is 5.88. The molecule has 1 aromatic heterocycles. The van der Waals surface area contributed by atoms with Crippen LogP contribution in [0.15, 0.2) is 53.2 Å². The van der Waals surface area contributed by atoms with E-state index in [0.717, 1.165) is 50.3 Å². The first-order chi connectivity index (χ1) is 14.7. The maximum Gasteiger partial charge on any atom is 0.120 e. The molecule has 0 aliphatic carbocycles. The second kappa shape index (κ2) is 10.4. The zero-order valence-corrected chi connectivity index (χ0v) is 18.1. The highest BCUT2D eigenvalue weighted by Crippen LogP contribution is 2.28. The molecule has 1 fully saturated rings. The maximum atomic E-state index is 10.4. The number of ether oxygens (including phenoxy) is 1. The van der Waals surface area contributed by atoms with Crippen LogP contribution in [0.25, 0.3) is 21.9 Å². The minimum absolute atomic E-state index is 0.251. The molecule has 6 heteroatoms. The SMILES string of the molecule is OCCCN1CCN(CC(O)COc2ccc3cc(-c4ccsc4)ccc3c2)CC1. The molecule has 1 unspecified atom stereocenters. The molecule has 30 heavy (non-hydrogen) atoms. The normalized spacial score (nSPS) is 16.7. The van der Waals surface area contributed by atoms with Gasteiger partial charge >= 0.3 is 0 Å². The minimum Gasteiger partial charge on any atom is -0.491 e. The molecule has 1 saturated heterocycles. The summed E-state index contributed by atoms with van der Waals surface area (Å²) in [5, 5.41) is 25.9. The number of fused-ring (bicyclic) bond motifs is 1. The summed E-state index contributed by atoms with van der Waals surface area (Å²) in [5.74, 6) is 0.790. The molecule has 0 amide bonds. The lowest BCUT2D eigenvalue weighted by molar-refractivity contribution is 0.0451. The summed E-state index contributed by atoms with van der Waals surface area (Å²) in [5.41, 5.74) is 2.48. The van der Waals surface area contributed by atoms with Gasteiger partial charge in [-0.3, -0.25) is 4.90 Å². The molecule has 3 aromatic rings. The number of hydrogen-bond acceptors (Lipinski definition) is 6. The zero-order valence-electron chi connectivity index (χ0n) is 17.2. The Kier molecular flexibility index (Phi) is 7.36. The molecule has 2 N–H and O–H groups in total. The van der Waals surface area contributed by atoms with Crippen LogP contribution < -0.4 is 4.74 Å². The summed E-state index contributed by atoms with van der Waals surface area (Å²) in [4.78, 5) is 4.66. The lowest BCUT2D eigenvalue weighted by atomic mass is 10.0. The molecule has 2 aromatic carbocycles. The molecule has 0 radical (unpaired) electrons. The van der Waals surface area contributed by atoms with E-state index < -0.39 is 6.10 Å². The van der Waals surface area contributed by atoms with Crippen LogP contribution >= 0.6 is 11.3 Å². The van der Waals surface area contributed by atoms with Gasteiger partial charge in [-0.2, -0.15) is 11.3 Å². The Bertz CT molecular complexity index is 923. The van der Waals surface area contributed by atoms with Crippen molar-refractivity contribution < 1.29 is 14.9 Å². The number of rotatable bonds is 9. The monoisotopic (exact) mass is 426 g/mol. The van der Waals surface area contributed by atoms with E-state index in [-0.39, 0.29) is 6.61 Å². The van der Waals surface area contributed by atoms with Crippen LogP contribution in [-0.4, -0.2) is 78.6 Å². The lowest BCUT2D eigenvalue weighted by Gasteiger charge is -2.35. The van der Waals surface area contributed by atoms with Gasteiger partial charge in [-0.05, 0) is 63.3 Å². The van der Waals surface area contributed by atoms with Gasteiger partial charge in [0.15, 0.2) is 0 Å². The number of benzene rings is 2. The van der Waals surface area contributed by atoms with E-state index in [1.165, 1.54) is 16.5 Å². The third-order valence-corrected chi connectivity index (χ3v) is 6.36. The van der Waals surface area contributed by atoms with Crippen molar-refractivity contribution in [3.8, 4) is 16.9 Å². The van der Waals surface area contributed by atoms with Crippen LogP contribution in [0.3, 0.4) is 0 Å². The molecule has 1 aliphatic heterocycles. The van der Waals surface area contributed by atoms with Crippen molar-refractivity contribution in [2.45, 2.75) is 12.5 Å². The third-order valence-electron chi connectivity index (χ3n) is 5.67. The van der Waals surface area contributed by atoms with Crippen LogP contribution in [0.4, 0.5) is 0 Å². The van der Waals surface area contributed by atoms with E-state index in [2.05, 4.69) is 50.9 Å². The molecule has 4 rings (SSSR count). The fraction of sp³-hybridized carbons (Fsp3) is 0.417. The summed E-state index contributed by atoms with van der Waals surface area (Å²) in [6.45, 7) is 6.01. The minimum atomic E-state index is -0.509. The molecule has 1 aliphatic rings. The first kappa shape index (κ1) is 21.3. The summed E-state index contributed by atoms with van der Waals surface area (Å²) in [6.07, 6.45) is 0.322. The van der Waals surface area contributed by atoms with Gasteiger partial charge in [0.2, 0.25) is 0 Å². The number of hydrogen-bond donors (Lipinski definition) is 2. The standard InChI is InChI=1S/C24H30N2O3S/c27-12-1-7-25-8-10-26(11-9-25)16-23(28)17-29-24-5-4-19-14-20(2-3-21(19)15-24)22-6-13-30-18-22/h2-6,13-15,18,23,27-28H,1,7-12,16-17H2. The van der Waals surface area contributed by atoms with E-state index in [0.29, 0.717) is 13.2 Å². The van der Waals surface area contributed by atoms with Crippen molar-refractivity contribution >= 4 is 22.1 Å². The second-order valence-corrected chi connectivity index (χ2v) is 8.70. The van der Waals surface area contributed by atoms with Crippen molar-refractivity contribution in [2.24, 2.45) is 0 Å². The highest BCUT2D eigenvalue weighted by Gasteiger charge is 2.19. The van der Waals surface area contributed by atoms with Gasteiger partial charge in [-0.1, -0.05) is 18.2 Å². The highest BCUT2D eigenvalue weighted by molar-refractivity contribution is 7.08. The number of thiophene rings is 1. The largest absolute Gasteiger partial charge is 0.491 e. The Labute approximate surface area is 182 Å². The van der Waals surface area contributed by atoms with Gasteiger partial charge in [-0.25, -0.2) is 0 Å². The summed E-state index contributed by atoms with van der Waals surface area (Å²) in [7, 11) is 0. The van der Waals surface area contributed by atoms with Crippen molar-refractivity contribution in [1.29, 1.82) is 0 Å². The molecule has 0 bridgehead atoms. The fourth-order valence-electron chi connectivity index (χ4n) is 3.95. The second-order valence-electron chi connectivity index (χ2n) is 7.92. The lowest BCUT2D eigenvalue weighted by Crippen LogP contribution is -2.49. The quantitative estimate of drug-likeness (QED) is 0.550. The topological polar surface area (TPSA) is 56.2 Å². The zero-order chi connectivity index (χ0) is 20.8. The van der Waals surface area contributed by atoms with Crippen LogP contribution in [0, 0.1) is 0 Å². The Morgan fingerprint density at radius 1 is 0.933 bits per heavy atom. The Morgan fingerprint density at radius 2 is 1.70 bits per heavy atom. The van der Waals surface area contributed by atoms with E-state index in [1.807, 2.05) is 12.1 Å². The van der Waals surface area contributed by atoms with Gasteiger partial charge < -0.3 is 19.8 Å². The Morgan fingerprint density at radius 3 is 2.47 bits per heavy atom. The Hall–Kier alpha value is -1.96. The smallest absolute Gasteiger partial charge is 0.120 e. The average molecular weight is 427 g/mol. The van der Waals surface area contributed by atoms with Crippen LogP contribution in [0.2, 0.25) is 0 Å². The van der Waals surface area contributed by atoms with E-state index in [9.17, 15) is 5.11 Å². The van der Waals surface area contributed by atoms with Crippen LogP contribution in [0.1, 0.15) is 6.42 Å². The number of aliphatic hydroxyl groups excluding tert-OH is 2. The molecule has 0 spiro atoms.